The topological polar surface area (TPSA) is 40.5 Å². The molecule has 0 spiro atoms. The third-order valence-corrected chi connectivity index (χ3v) is 6.00. The van der Waals surface area contributed by atoms with Crippen molar-refractivity contribution in [2.24, 2.45) is 5.92 Å². The van der Waals surface area contributed by atoms with Crippen LogP contribution in [0.4, 0.5) is 0 Å². The Morgan fingerprint density at radius 2 is 1.96 bits per heavy atom. The molecular weight excluding hydrogens is 298 g/mol. The van der Waals surface area contributed by atoms with Gasteiger partial charge in [0.15, 0.2) is 0 Å². The zero-order valence-corrected chi connectivity index (χ0v) is 14.1. The van der Waals surface area contributed by atoms with Crippen LogP contribution < -0.4 is 0 Å². The number of carbonyl (C=O) groups is 1. The number of amides is 1. The van der Waals surface area contributed by atoms with Gasteiger partial charge in [0.1, 0.15) is 0 Å². The normalized spacial score (nSPS) is 27.0. The summed E-state index contributed by atoms with van der Waals surface area (Å²) >= 11 is 0. The van der Waals surface area contributed by atoms with Crippen molar-refractivity contribution >= 4 is 16.7 Å². The van der Waals surface area contributed by atoms with Crippen molar-refractivity contribution in [2.75, 3.05) is 13.1 Å². The molecular formula is C21H25NO2. The number of likely N-dealkylation sites (tertiary alicyclic amines) is 1. The molecule has 2 aliphatic rings. The average Bonchev–Trinajstić information content (AvgIpc) is 2.61. The van der Waals surface area contributed by atoms with E-state index in [4.69, 9.17) is 0 Å². The van der Waals surface area contributed by atoms with Crippen molar-refractivity contribution in [1.82, 2.24) is 4.90 Å². The molecule has 0 bridgehead atoms. The van der Waals surface area contributed by atoms with Crippen LogP contribution >= 0.6 is 0 Å². The zero-order chi connectivity index (χ0) is 16.6. The molecule has 1 aliphatic heterocycles. The van der Waals surface area contributed by atoms with Gasteiger partial charge in [0.25, 0.3) is 0 Å². The summed E-state index contributed by atoms with van der Waals surface area (Å²) in [5, 5.41) is 13.1. The minimum Gasteiger partial charge on any atom is -0.389 e. The molecule has 3 nitrogen and oxygen atoms in total. The molecule has 126 valence electrons. The Labute approximate surface area is 143 Å². The van der Waals surface area contributed by atoms with Crippen molar-refractivity contribution in [3.05, 3.63) is 48.0 Å². The number of carbonyl (C=O) groups excluding carboxylic acids is 1. The summed E-state index contributed by atoms with van der Waals surface area (Å²) in [6, 6.07) is 14.4. The lowest BCUT2D eigenvalue weighted by atomic mass is 9.71. The zero-order valence-electron chi connectivity index (χ0n) is 14.1. The van der Waals surface area contributed by atoms with E-state index in [1.807, 2.05) is 23.1 Å². The average molecular weight is 323 g/mol. The van der Waals surface area contributed by atoms with Gasteiger partial charge in [0, 0.05) is 19.0 Å². The molecule has 1 N–H and O–H groups in total. The summed E-state index contributed by atoms with van der Waals surface area (Å²) in [6.07, 6.45) is 5.44. The van der Waals surface area contributed by atoms with E-state index in [2.05, 4.69) is 24.3 Å². The first-order valence-corrected chi connectivity index (χ1v) is 9.12. The third-order valence-electron chi connectivity index (χ3n) is 6.00. The fourth-order valence-electron chi connectivity index (χ4n) is 4.52. The lowest BCUT2D eigenvalue weighted by molar-refractivity contribution is -0.142. The number of nitrogens with zero attached hydrogens (tertiary/aromatic N) is 1. The van der Waals surface area contributed by atoms with Gasteiger partial charge in [-0.3, -0.25) is 4.79 Å². The molecule has 1 saturated carbocycles. The molecule has 4 rings (SSSR count). The Bertz CT molecular complexity index is 751. The molecule has 2 aromatic rings. The van der Waals surface area contributed by atoms with E-state index in [0.717, 1.165) is 37.8 Å². The van der Waals surface area contributed by atoms with E-state index < -0.39 is 5.60 Å². The van der Waals surface area contributed by atoms with Gasteiger partial charge in [-0.2, -0.15) is 0 Å². The second kappa shape index (κ2) is 6.21. The predicted molar refractivity (Wildman–Crippen MR) is 95.8 cm³/mol. The Morgan fingerprint density at radius 3 is 2.88 bits per heavy atom. The third kappa shape index (κ3) is 2.82. The number of benzene rings is 2. The highest BCUT2D eigenvalue weighted by molar-refractivity contribution is 5.90. The molecule has 1 amide bonds. The van der Waals surface area contributed by atoms with Crippen LogP contribution in [0, 0.1) is 5.92 Å². The SMILES string of the molecule is O=C(Cc1cccc2ccccc12)N1CC[C@]2(O)CCCC[C@@H]2C1. The van der Waals surface area contributed by atoms with Crippen molar-refractivity contribution in [3.63, 3.8) is 0 Å². The van der Waals surface area contributed by atoms with Crippen LogP contribution in [-0.4, -0.2) is 34.6 Å². The van der Waals surface area contributed by atoms with E-state index in [0.29, 0.717) is 13.0 Å². The minimum absolute atomic E-state index is 0.193. The highest BCUT2D eigenvalue weighted by Gasteiger charge is 2.43. The van der Waals surface area contributed by atoms with E-state index >= 15 is 0 Å². The van der Waals surface area contributed by atoms with Crippen molar-refractivity contribution in [1.29, 1.82) is 0 Å². The van der Waals surface area contributed by atoms with E-state index in [9.17, 15) is 9.90 Å². The number of aliphatic hydroxyl groups is 1. The molecule has 2 fully saturated rings. The van der Waals surface area contributed by atoms with Gasteiger partial charge in [0.05, 0.1) is 12.0 Å². The highest BCUT2D eigenvalue weighted by Crippen LogP contribution is 2.39. The van der Waals surface area contributed by atoms with Crippen LogP contribution in [-0.2, 0) is 11.2 Å². The summed E-state index contributed by atoms with van der Waals surface area (Å²) in [5.74, 6) is 0.454. The largest absolute Gasteiger partial charge is 0.389 e. The Hall–Kier alpha value is -1.87. The first kappa shape index (κ1) is 15.6. The van der Waals surface area contributed by atoms with Gasteiger partial charge in [-0.25, -0.2) is 0 Å². The highest BCUT2D eigenvalue weighted by atomic mass is 16.3. The summed E-state index contributed by atoms with van der Waals surface area (Å²) in [6.45, 7) is 1.41. The number of hydrogen-bond donors (Lipinski definition) is 1. The Balaban J connectivity index is 1.50. The molecule has 1 aliphatic carbocycles. The molecule has 2 atom stereocenters. The Kier molecular flexibility index (Phi) is 4.05. The maximum absolute atomic E-state index is 12.8. The Morgan fingerprint density at radius 1 is 1.12 bits per heavy atom. The molecule has 3 heteroatoms. The molecule has 24 heavy (non-hydrogen) atoms. The fraction of sp³-hybridized carbons (Fsp3) is 0.476. The van der Waals surface area contributed by atoms with E-state index in [1.54, 1.807) is 0 Å². The molecule has 0 aromatic heterocycles. The second-order valence-electron chi connectivity index (χ2n) is 7.45. The predicted octanol–water partition coefficient (Wildman–Crippen LogP) is 3.54. The van der Waals surface area contributed by atoms with Gasteiger partial charge < -0.3 is 10.0 Å². The van der Waals surface area contributed by atoms with Crippen molar-refractivity contribution < 1.29 is 9.90 Å². The van der Waals surface area contributed by atoms with Crippen LogP contribution in [0.2, 0.25) is 0 Å². The number of piperidine rings is 1. The van der Waals surface area contributed by atoms with Gasteiger partial charge in [-0.1, -0.05) is 55.3 Å². The lowest BCUT2D eigenvalue weighted by Gasteiger charge is -2.47. The van der Waals surface area contributed by atoms with Crippen molar-refractivity contribution in [2.45, 2.75) is 44.1 Å². The first-order chi connectivity index (χ1) is 11.7. The maximum atomic E-state index is 12.8. The van der Waals surface area contributed by atoms with Crippen LogP contribution in [0.25, 0.3) is 10.8 Å². The molecule has 0 radical (unpaired) electrons. The van der Waals surface area contributed by atoms with E-state index in [-0.39, 0.29) is 11.8 Å². The first-order valence-electron chi connectivity index (χ1n) is 9.12. The lowest BCUT2D eigenvalue weighted by Crippen LogP contribution is -2.54. The molecule has 1 heterocycles. The van der Waals surface area contributed by atoms with Crippen LogP contribution in [0.1, 0.15) is 37.7 Å². The summed E-state index contributed by atoms with van der Waals surface area (Å²) in [5.41, 5.74) is 0.580. The molecule has 2 aromatic carbocycles. The van der Waals surface area contributed by atoms with Gasteiger partial charge in [0.2, 0.25) is 5.91 Å². The number of hydrogen-bond acceptors (Lipinski definition) is 2. The number of rotatable bonds is 2. The summed E-state index contributed by atoms with van der Waals surface area (Å²) in [7, 11) is 0. The van der Waals surface area contributed by atoms with Crippen LogP contribution in [0.5, 0.6) is 0 Å². The van der Waals surface area contributed by atoms with Gasteiger partial charge in [-0.05, 0) is 35.6 Å². The van der Waals surface area contributed by atoms with Crippen LogP contribution in [0.3, 0.4) is 0 Å². The maximum Gasteiger partial charge on any atom is 0.227 e. The van der Waals surface area contributed by atoms with Gasteiger partial charge >= 0.3 is 0 Å². The summed E-state index contributed by atoms with van der Waals surface area (Å²) in [4.78, 5) is 14.8. The monoisotopic (exact) mass is 323 g/mol. The van der Waals surface area contributed by atoms with Gasteiger partial charge in [-0.15, -0.1) is 0 Å². The molecule has 0 unspecified atom stereocenters. The standard InChI is InChI=1S/C21H25NO2/c23-20(14-17-8-5-7-16-6-1-2-10-19(16)17)22-13-12-21(24)11-4-3-9-18(21)15-22/h1-2,5-8,10,18,24H,3-4,9,11-15H2/t18-,21-/m1/s1. The van der Waals surface area contributed by atoms with Crippen LogP contribution in [0.15, 0.2) is 42.5 Å². The minimum atomic E-state index is -0.519. The molecule has 1 saturated heterocycles. The fourth-order valence-corrected chi connectivity index (χ4v) is 4.52. The van der Waals surface area contributed by atoms with Crippen molar-refractivity contribution in [3.8, 4) is 0 Å². The second-order valence-corrected chi connectivity index (χ2v) is 7.45. The number of fused-ring (bicyclic) bond motifs is 2. The summed E-state index contributed by atoms with van der Waals surface area (Å²) < 4.78 is 0. The van der Waals surface area contributed by atoms with E-state index in [1.165, 1.54) is 17.2 Å². The smallest absolute Gasteiger partial charge is 0.227 e. The quantitative estimate of drug-likeness (QED) is 0.918.